The monoisotopic (exact) mass is 300 g/mol. The van der Waals surface area contributed by atoms with Gasteiger partial charge in [-0.1, -0.05) is 12.1 Å². The van der Waals surface area contributed by atoms with Gasteiger partial charge in [-0.3, -0.25) is 14.9 Å². The van der Waals surface area contributed by atoms with Crippen LogP contribution >= 0.6 is 0 Å². The number of nitrogens with one attached hydrogen (secondary N) is 1. The maximum atomic E-state index is 12.7. The van der Waals surface area contributed by atoms with E-state index in [1.165, 1.54) is 20.3 Å². The summed E-state index contributed by atoms with van der Waals surface area (Å²) in [7, 11) is 2.68. The molecule has 0 spiro atoms. The van der Waals surface area contributed by atoms with Crippen LogP contribution in [0.25, 0.3) is 21.8 Å². The van der Waals surface area contributed by atoms with E-state index in [0.717, 1.165) is 0 Å². The Labute approximate surface area is 124 Å². The quantitative estimate of drug-likeness (QED) is 0.456. The molecule has 112 valence electrons. The lowest BCUT2D eigenvalue weighted by atomic mass is 10.1. The fraction of sp³-hybridized carbons (Fsp3) is 0.133. The fourth-order valence-corrected chi connectivity index (χ4v) is 2.53. The maximum Gasteiger partial charge on any atom is 0.315 e. The van der Waals surface area contributed by atoms with Crippen LogP contribution in [0.5, 0.6) is 11.5 Å². The van der Waals surface area contributed by atoms with E-state index in [2.05, 4.69) is 4.98 Å². The smallest absolute Gasteiger partial charge is 0.315 e. The number of aromatic nitrogens is 1. The van der Waals surface area contributed by atoms with Crippen LogP contribution in [0, 0.1) is 10.1 Å². The van der Waals surface area contributed by atoms with E-state index in [-0.39, 0.29) is 28.0 Å². The SMILES string of the molecule is COc1cc([N+](=O)[O-])c(OC)c2c(=O)c3ccccc3[nH]c12. The molecule has 7 heteroatoms. The largest absolute Gasteiger partial charge is 0.494 e. The van der Waals surface area contributed by atoms with Crippen molar-refractivity contribution in [2.45, 2.75) is 0 Å². The number of hydrogen-bond acceptors (Lipinski definition) is 5. The van der Waals surface area contributed by atoms with Crippen molar-refractivity contribution in [3.8, 4) is 11.5 Å². The molecule has 0 atom stereocenters. The number of benzene rings is 2. The lowest BCUT2D eigenvalue weighted by molar-refractivity contribution is -0.385. The second-order valence-electron chi connectivity index (χ2n) is 4.64. The lowest BCUT2D eigenvalue weighted by Gasteiger charge is -2.11. The zero-order valence-corrected chi connectivity index (χ0v) is 11.9. The summed E-state index contributed by atoms with van der Waals surface area (Å²) < 4.78 is 10.3. The number of hydrogen-bond donors (Lipinski definition) is 1. The highest BCUT2D eigenvalue weighted by atomic mass is 16.6. The van der Waals surface area contributed by atoms with Gasteiger partial charge in [-0.15, -0.1) is 0 Å². The number of rotatable bonds is 3. The Morgan fingerprint density at radius 1 is 1.18 bits per heavy atom. The van der Waals surface area contributed by atoms with Crippen molar-refractivity contribution in [2.75, 3.05) is 14.2 Å². The predicted octanol–water partition coefficient (Wildman–Crippen LogP) is 2.61. The first-order valence-electron chi connectivity index (χ1n) is 6.42. The Hall–Kier alpha value is -3.09. The van der Waals surface area contributed by atoms with E-state index < -0.39 is 4.92 Å². The van der Waals surface area contributed by atoms with Crippen molar-refractivity contribution in [1.82, 2.24) is 4.98 Å². The molecule has 0 aliphatic heterocycles. The van der Waals surface area contributed by atoms with Crippen LogP contribution in [0.4, 0.5) is 5.69 Å². The second-order valence-corrected chi connectivity index (χ2v) is 4.64. The molecule has 1 aromatic heterocycles. The van der Waals surface area contributed by atoms with Crippen molar-refractivity contribution in [3.05, 3.63) is 50.7 Å². The van der Waals surface area contributed by atoms with Crippen LogP contribution in [0.2, 0.25) is 0 Å². The number of nitro benzene ring substituents is 1. The molecule has 0 unspecified atom stereocenters. The molecule has 1 N–H and O–H groups in total. The summed E-state index contributed by atoms with van der Waals surface area (Å²) in [5.41, 5.74) is 0.332. The van der Waals surface area contributed by atoms with Gasteiger partial charge in [0.1, 0.15) is 5.75 Å². The summed E-state index contributed by atoms with van der Waals surface area (Å²) in [4.78, 5) is 26.4. The third kappa shape index (κ3) is 1.86. The topological polar surface area (TPSA) is 94.5 Å². The average Bonchev–Trinajstić information content (AvgIpc) is 2.53. The summed E-state index contributed by atoms with van der Waals surface area (Å²) in [5, 5.41) is 11.8. The number of para-hydroxylation sites is 1. The molecule has 1 heterocycles. The number of H-pyrrole nitrogens is 1. The molecule has 2 aromatic carbocycles. The minimum absolute atomic E-state index is 0.0761. The molecule has 0 aliphatic rings. The first-order chi connectivity index (χ1) is 10.6. The van der Waals surface area contributed by atoms with Gasteiger partial charge < -0.3 is 14.5 Å². The molecule has 0 amide bonds. The van der Waals surface area contributed by atoms with Gasteiger partial charge in [-0.05, 0) is 12.1 Å². The fourth-order valence-electron chi connectivity index (χ4n) is 2.53. The van der Waals surface area contributed by atoms with Gasteiger partial charge in [0.05, 0.1) is 36.1 Å². The second kappa shape index (κ2) is 5.03. The van der Waals surface area contributed by atoms with Crippen LogP contribution in [0.1, 0.15) is 0 Å². The molecule has 3 aromatic rings. The minimum atomic E-state index is -0.602. The zero-order valence-electron chi connectivity index (χ0n) is 11.9. The Balaban J connectivity index is 2.63. The highest BCUT2D eigenvalue weighted by Crippen LogP contribution is 2.39. The predicted molar refractivity (Wildman–Crippen MR) is 81.8 cm³/mol. The Morgan fingerprint density at radius 3 is 2.55 bits per heavy atom. The van der Waals surface area contributed by atoms with E-state index in [0.29, 0.717) is 16.4 Å². The van der Waals surface area contributed by atoms with Crippen LogP contribution in [-0.4, -0.2) is 24.1 Å². The molecule has 0 saturated heterocycles. The number of aromatic amines is 1. The van der Waals surface area contributed by atoms with Gasteiger partial charge in [0.2, 0.25) is 11.2 Å². The van der Waals surface area contributed by atoms with E-state index in [4.69, 9.17) is 9.47 Å². The van der Waals surface area contributed by atoms with Gasteiger partial charge in [0, 0.05) is 10.9 Å². The number of pyridine rings is 1. The number of fused-ring (bicyclic) bond motifs is 2. The molecule has 7 nitrogen and oxygen atoms in total. The first kappa shape index (κ1) is 13.9. The molecular weight excluding hydrogens is 288 g/mol. The van der Waals surface area contributed by atoms with Crippen LogP contribution in [-0.2, 0) is 0 Å². The van der Waals surface area contributed by atoms with Gasteiger partial charge in [0.15, 0.2) is 0 Å². The molecule has 3 rings (SSSR count). The van der Waals surface area contributed by atoms with Crippen molar-refractivity contribution < 1.29 is 14.4 Å². The van der Waals surface area contributed by atoms with Crippen LogP contribution < -0.4 is 14.9 Å². The van der Waals surface area contributed by atoms with Crippen molar-refractivity contribution in [3.63, 3.8) is 0 Å². The van der Waals surface area contributed by atoms with E-state index in [1.54, 1.807) is 24.3 Å². The Morgan fingerprint density at radius 2 is 1.91 bits per heavy atom. The molecule has 0 saturated carbocycles. The summed E-state index contributed by atoms with van der Waals surface area (Å²) >= 11 is 0. The standard InChI is InChI=1S/C15H12N2O5/c1-21-11-7-10(17(19)20)15(22-2)12-13(11)16-9-6-4-3-5-8(9)14(12)18/h3-7H,1-2H3,(H,16,18). The van der Waals surface area contributed by atoms with Crippen molar-refractivity contribution in [2.24, 2.45) is 0 Å². The number of nitrogens with zero attached hydrogens (tertiary/aromatic N) is 1. The highest BCUT2D eigenvalue weighted by molar-refractivity contribution is 6.00. The van der Waals surface area contributed by atoms with Gasteiger partial charge >= 0.3 is 5.69 Å². The Bertz CT molecular complexity index is 961. The number of nitro groups is 1. The average molecular weight is 300 g/mol. The molecule has 22 heavy (non-hydrogen) atoms. The normalized spacial score (nSPS) is 10.8. The van der Waals surface area contributed by atoms with Gasteiger partial charge in [0.25, 0.3) is 0 Å². The third-order valence-corrected chi connectivity index (χ3v) is 3.50. The van der Waals surface area contributed by atoms with E-state index in [9.17, 15) is 14.9 Å². The van der Waals surface area contributed by atoms with E-state index >= 15 is 0 Å². The molecule has 0 fully saturated rings. The van der Waals surface area contributed by atoms with Crippen LogP contribution in [0.3, 0.4) is 0 Å². The maximum absolute atomic E-state index is 12.7. The number of methoxy groups -OCH3 is 2. The summed E-state index contributed by atoms with van der Waals surface area (Å²) in [6.07, 6.45) is 0. The van der Waals surface area contributed by atoms with Gasteiger partial charge in [-0.2, -0.15) is 0 Å². The van der Waals surface area contributed by atoms with Crippen molar-refractivity contribution >= 4 is 27.5 Å². The number of ether oxygens (including phenoxy) is 2. The minimum Gasteiger partial charge on any atom is -0.494 e. The zero-order chi connectivity index (χ0) is 15.9. The lowest BCUT2D eigenvalue weighted by Crippen LogP contribution is -2.08. The van der Waals surface area contributed by atoms with E-state index in [1.807, 2.05) is 0 Å². The summed E-state index contributed by atoms with van der Waals surface area (Å²) in [6, 6.07) is 8.16. The summed E-state index contributed by atoms with van der Waals surface area (Å²) in [5.74, 6) is 0.137. The summed E-state index contributed by atoms with van der Waals surface area (Å²) in [6.45, 7) is 0. The Kier molecular flexibility index (Phi) is 3.17. The van der Waals surface area contributed by atoms with Crippen LogP contribution in [0.15, 0.2) is 35.1 Å². The van der Waals surface area contributed by atoms with Gasteiger partial charge in [-0.25, -0.2) is 0 Å². The molecular formula is C15H12N2O5. The third-order valence-electron chi connectivity index (χ3n) is 3.50. The molecule has 0 bridgehead atoms. The molecule has 0 radical (unpaired) electrons. The molecule has 0 aliphatic carbocycles. The van der Waals surface area contributed by atoms with Crippen molar-refractivity contribution in [1.29, 1.82) is 0 Å². The highest BCUT2D eigenvalue weighted by Gasteiger charge is 2.25. The first-order valence-corrected chi connectivity index (χ1v) is 6.42.